The van der Waals surface area contributed by atoms with Crippen LogP contribution in [-0.2, 0) is 9.53 Å². The van der Waals surface area contributed by atoms with Gasteiger partial charge in [0.2, 0.25) is 5.91 Å². The monoisotopic (exact) mass is 248 g/mol. The lowest BCUT2D eigenvalue weighted by Crippen LogP contribution is -2.44. The molecule has 4 nitrogen and oxygen atoms in total. The van der Waals surface area contributed by atoms with Crippen LogP contribution in [0.3, 0.4) is 0 Å². The molecular formula is C14H20N2O2. The molecule has 0 aromatic heterocycles. The summed E-state index contributed by atoms with van der Waals surface area (Å²) in [6.45, 7) is 4.18. The minimum Gasteiger partial charge on any atom is -0.378 e. The number of carbonyl (C=O) groups excluding carboxylic acids is 1. The Morgan fingerprint density at radius 2 is 2.28 bits per heavy atom. The van der Waals surface area contributed by atoms with Gasteiger partial charge in [-0.05, 0) is 12.5 Å². The highest BCUT2D eigenvalue weighted by Crippen LogP contribution is 2.11. The van der Waals surface area contributed by atoms with E-state index in [0.29, 0.717) is 13.0 Å². The Balaban J connectivity index is 1.80. The van der Waals surface area contributed by atoms with Gasteiger partial charge in [0.05, 0.1) is 19.3 Å². The van der Waals surface area contributed by atoms with Crippen LogP contribution in [0.25, 0.3) is 0 Å². The summed E-state index contributed by atoms with van der Waals surface area (Å²) in [6, 6.07) is 10.2. The van der Waals surface area contributed by atoms with Gasteiger partial charge in [-0.25, -0.2) is 0 Å². The lowest BCUT2D eigenvalue weighted by Gasteiger charge is -2.24. The van der Waals surface area contributed by atoms with Crippen molar-refractivity contribution in [2.45, 2.75) is 25.4 Å². The molecule has 0 bridgehead atoms. The third-order valence-corrected chi connectivity index (χ3v) is 3.11. The molecule has 0 radical (unpaired) electrons. The molecule has 0 saturated carbocycles. The maximum Gasteiger partial charge on any atom is 0.222 e. The van der Waals surface area contributed by atoms with E-state index in [9.17, 15) is 4.79 Å². The van der Waals surface area contributed by atoms with Crippen molar-refractivity contribution < 1.29 is 9.53 Å². The summed E-state index contributed by atoms with van der Waals surface area (Å²) in [5, 5.41) is 6.29. The third kappa shape index (κ3) is 3.82. The second-order valence-electron chi connectivity index (χ2n) is 4.63. The predicted octanol–water partition coefficient (Wildman–Crippen LogP) is 1.24. The van der Waals surface area contributed by atoms with Crippen molar-refractivity contribution in [1.82, 2.24) is 10.6 Å². The lowest BCUT2D eigenvalue weighted by molar-refractivity contribution is -0.122. The molecule has 0 aliphatic carbocycles. The Hall–Kier alpha value is -1.39. The van der Waals surface area contributed by atoms with Gasteiger partial charge in [0.25, 0.3) is 0 Å². The van der Waals surface area contributed by atoms with E-state index in [0.717, 1.165) is 18.7 Å². The van der Waals surface area contributed by atoms with Crippen molar-refractivity contribution in [1.29, 1.82) is 0 Å². The van der Waals surface area contributed by atoms with Gasteiger partial charge in [-0.2, -0.15) is 0 Å². The van der Waals surface area contributed by atoms with Crippen molar-refractivity contribution in [2.24, 2.45) is 0 Å². The highest BCUT2D eigenvalue weighted by Gasteiger charge is 2.18. The van der Waals surface area contributed by atoms with Crippen LogP contribution in [0.15, 0.2) is 30.3 Å². The average molecular weight is 248 g/mol. The fourth-order valence-electron chi connectivity index (χ4n) is 2.10. The molecule has 1 saturated heterocycles. The van der Waals surface area contributed by atoms with Gasteiger partial charge in [-0.15, -0.1) is 0 Å². The number of morpholine rings is 1. The average Bonchev–Trinajstić information content (AvgIpc) is 2.40. The lowest BCUT2D eigenvalue weighted by atomic mass is 10.1. The summed E-state index contributed by atoms with van der Waals surface area (Å²) in [5.74, 6) is 0.0642. The first-order valence-electron chi connectivity index (χ1n) is 6.41. The normalized spacial score (nSPS) is 21.3. The Kier molecular flexibility index (Phi) is 4.73. The first-order valence-corrected chi connectivity index (χ1v) is 6.41. The smallest absolute Gasteiger partial charge is 0.222 e. The summed E-state index contributed by atoms with van der Waals surface area (Å²) < 4.78 is 5.33. The highest BCUT2D eigenvalue weighted by molar-refractivity contribution is 5.77. The van der Waals surface area contributed by atoms with Gasteiger partial charge >= 0.3 is 0 Å². The Morgan fingerprint density at radius 3 is 2.94 bits per heavy atom. The zero-order chi connectivity index (χ0) is 12.8. The summed E-state index contributed by atoms with van der Waals surface area (Å²) in [4.78, 5) is 11.9. The molecule has 1 aromatic rings. The van der Waals surface area contributed by atoms with E-state index in [2.05, 4.69) is 10.6 Å². The molecular weight excluding hydrogens is 228 g/mol. The maximum atomic E-state index is 11.9. The number of nitrogens with one attached hydrogen (secondary N) is 2. The van der Waals surface area contributed by atoms with Crippen molar-refractivity contribution in [3.05, 3.63) is 35.9 Å². The van der Waals surface area contributed by atoms with E-state index in [1.54, 1.807) is 0 Å². The van der Waals surface area contributed by atoms with Crippen molar-refractivity contribution in [3.63, 3.8) is 0 Å². The van der Waals surface area contributed by atoms with Crippen LogP contribution in [-0.4, -0.2) is 31.7 Å². The van der Waals surface area contributed by atoms with Gasteiger partial charge in [0, 0.05) is 19.0 Å². The molecule has 1 amide bonds. The topological polar surface area (TPSA) is 50.4 Å². The first-order chi connectivity index (χ1) is 8.75. The number of ether oxygens (including phenoxy) is 1. The van der Waals surface area contributed by atoms with Gasteiger partial charge in [-0.1, -0.05) is 30.3 Å². The number of benzene rings is 1. The summed E-state index contributed by atoms with van der Waals surface area (Å²) in [7, 11) is 0. The van der Waals surface area contributed by atoms with Crippen LogP contribution in [0.5, 0.6) is 0 Å². The minimum atomic E-state index is 0.0446. The summed E-state index contributed by atoms with van der Waals surface area (Å²) in [5.41, 5.74) is 1.12. The van der Waals surface area contributed by atoms with Crippen LogP contribution < -0.4 is 10.6 Å². The molecule has 2 rings (SSSR count). The van der Waals surface area contributed by atoms with Crippen molar-refractivity contribution in [2.75, 3.05) is 19.8 Å². The maximum absolute atomic E-state index is 11.9. The molecule has 4 heteroatoms. The van der Waals surface area contributed by atoms with Gasteiger partial charge in [-0.3, -0.25) is 4.79 Å². The van der Waals surface area contributed by atoms with E-state index in [1.807, 2.05) is 37.3 Å². The standard InChI is InChI=1S/C14H20N2O2/c1-11(12-5-3-2-4-6-12)16-14(17)9-13-10-18-8-7-15-13/h2-6,11,13,15H,7-10H2,1H3,(H,16,17)/t11-,13?/m0/s1. The molecule has 1 heterocycles. The highest BCUT2D eigenvalue weighted by atomic mass is 16.5. The number of hydrogen-bond donors (Lipinski definition) is 2. The number of carbonyl (C=O) groups is 1. The molecule has 18 heavy (non-hydrogen) atoms. The van der Waals surface area contributed by atoms with E-state index >= 15 is 0 Å². The zero-order valence-electron chi connectivity index (χ0n) is 10.7. The number of hydrogen-bond acceptors (Lipinski definition) is 3. The summed E-state index contributed by atoms with van der Waals surface area (Å²) >= 11 is 0. The Labute approximate surface area is 108 Å². The molecule has 1 fully saturated rings. The largest absolute Gasteiger partial charge is 0.378 e. The predicted molar refractivity (Wildman–Crippen MR) is 70.2 cm³/mol. The molecule has 1 aliphatic heterocycles. The summed E-state index contributed by atoms with van der Waals surface area (Å²) in [6.07, 6.45) is 0.469. The SMILES string of the molecule is C[C@H](NC(=O)CC1COCCN1)c1ccccc1. The van der Waals surface area contributed by atoms with Crippen molar-refractivity contribution >= 4 is 5.91 Å². The fraction of sp³-hybridized carbons (Fsp3) is 0.500. The van der Waals surface area contributed by atoms with E-state index in [-0.39, 0.29) is 18.0 Å². The second kappa shape index (κ2) is 6.52. The van der Waals surface area contributed by atoms with Crippen molar-refractivity contribution in [3.8, 4) is 0 Å². The molecule has 2 atom stereocenters. The number of rotatable bonds is 4. The van der Waals surface area contributed by atoms with Crippen LogP contribution in [0.1, 0.15) is 24.9 Å². The Morgan fingerprint density at radius 1 is 1.50 bits per heavy atom. The van der Waals surface area contributed by atoms with Crippen LogP contribution >= 0.6 is 0 Å². The molecule has 2 N–H and O–H groups in total. The van der Waals surface area contributed by atoms with Gasteiger partial charge in [0.15, 0.2) is 0 Å². The Bertz CT molecular complexity index is 375. The molecule has 0 spiro atoms. The molecule has 1 unspecified atom stereocenters. The van der Waals surface area contributed by atoms with Gasteiger partial charge in [0.1, 0.15) is 0 Å². The van der Waals surface area contributed by atoms with Crippen LogP contribution in [0.4, 0.5) is 0 Å². The second-order valence-corrected chi connectivity index (χ2v) is 4.63. The van der Waals surface area contributed by atoms with E-state index in [1.165, 1.54) is 0 Å². The quantitative estimate of drug-likeness (QED) is 0.843. The third-order valence-electron chi connectivity index (χ3n) is 3.11. The molecule has 1 aromatic carbocycles. The zero-order valence-corrected chi connectivity index (χ0v) is 10.7. The van der Waals surface area contributed by atoms with Gasteiger partial charge < -0.3 is 15.4 Å². The molecule has 98 valence electrons. The van der Waals surface area contributed by atoms with E-state index in [4.69, 9.17) is 4.74 Å². The van der Waals surface area contributed by atoms with Crippen LogP contribution in [0, 0.1) is 0 Å². The molecule has 1 aliphatic rings. The van der Waals surface area contributed by atoms with E-state index < -0.39 is 0 Å². The number of amides is 1. The fourth-order valence-corrected chi connectivity index (χ4v) is 2.10. The van der Waals surface area contributed by atoms with Crippen LogP contribution in [0.2, 0.25) is 0 Å². The minimum absolute atomic E-state index is 0.0446. The first kappa shape index (κ1) is 13.1.